The normalized spacial score (nSPS) is 12.7. The van der Waals surface area contributed by atoms with Gasteiger partial charge in [-0.1, -0.05) is 26.8 Å². The molecule has 0 radical (unpaired) electrons. The van der Waals surface area contributed by atoms with Crippen molar-refractivity contribution in [3.8, 4) is 0 Å². The Morgan fingerprint density at radius 2 is 1.85 bits per heavy atom. The van der Waals surface area contributed by atoms with Crippen LogP contribution in [0.5, 0.6) is 0 Å². The molecule has 0 aliphatic carbocycles. The molecule has 2 heteroatoms. The van der Waals surface area contributed by atoms with Crippen LogP contribution in [0.2, 0.25) is 0 Å². The molecular weight excluding hydrogens is 244 g/mol. The number of hydrogen-bond donors (Lipinski definition) is 0. The molecule has 0 fully saturated rings. The average molecular weight is 268 g/mol. The van der Waals surface area contributed by atoms with E-state index in [2.05, 4.69) is 56.9 Å². The smallest absolute Gasteiger partial charge is 0.0434 e. The van der Waals surface area contributed by atoms with Crippen LogP contribution in [0.4, 0.5) is 0 Å². The largest absolute Gasteiger partial charge is 0.261 e. The lowest BCUT2D eigenvalue weighted by atomic mass is 9.98. The fraction of sp³-hybridized carbons (Fsp3) is 0.444. The van der Waals surface area contributed by atoms with Crippen molar-refractivity contribution in [2.24, 2.45) is 0 Å². The van der Waals surface area contributed by atoms with Crippen molar-refractivity contribution in [1.82, 2.24) is 9.97 Å². The molecule has 1 atom stereocenters. The van der Waals surface area contributed by atoms with E-state index in [0.29, 0.717) is 11.8 Å². The molecule has 0 spiro atoms. The van der Waals surface area contributed by atoms with Gasteiger partial charge in [-0.3, -0.25) is 9.97 Å². The van der Waals surface area contributed by atoms with Gasteiger partial charge in [0, 0.05) is 23.3 Å². The third kappa shape index (κ3) is 3.89. The van der Waals surface area contributed by atoms with Crippen molar-refractivity contribution >= 4 is 0 Å². The maximum absolute atomic E-state index is 4.74. The van der Waals surface area contributed by atoms with E-state index in [1.54, 1.807) is 0 Å². The van der Waals surface area contributed by atoms with Crippen LogP contribution in [0.25, 0.3) is 0 Å². The Morgan fingerprint density at radius 3 is 2.55 bits per heavy atom. The highest BCUT2D eigenvalue weighted by atomic mass is 14.7. The first-order valence-electron chi connectivity index (χ1n) is 7.44. The van der Waals surface area contributed by atoms with Gasteiger partial charge >= 0.3 is 0 Å². The molecule has 106 valence electrons. The zero-order valence-corrected chi connectivity index (χ0v) is 12.9. The van der Waals surface area contributed by atoms with Crippen LogP contribution in [0.3, 0.4) is 0 Å². The topological polar surface area (TPSA) is 25.8 Å². The van der Waals surface area contributed by atoms with Gasteiger partial charge in [-0.25, -0.2) is 0 Å². The average Bonchev–Trinajstić information content (AvgIpc) is 2.45. The summed E-state index contributed by atoms with van der Waals surface area (Å²) in [6.45, 7) is 8.73. The van der Waals surface area contributed by atoms with Crippen molar-refractivity contribution in [2.45, 2.75) is 52.4 Å². The second-order valence-electron chi connectivity index (χ2n) is 5.91. The molecular formula is C18H24N2. The quantitative estimate of drug-likeness (QED) is 0.789. The zero-order valence-electron chi connectivity index (χ0n) is 12.9. The van der Waals surface area contributed by atoms with E-state index in [0.717, 1.165) is 12.8 Å². The standard InChI is InChI=1S/C18H24N2/c1-13(2)17-7-5-6-16(20-17)9-8-15(4)18-12-14(3)10-11-19-18/h5-7,10-13,15H,8-9H2,1-4H3. The van der Waals surface area contributed by atoms with Gasteiger partial charge in [-0.15, -0.1) is 0 Å². The van der Waals surface area contributed by atoms with E-state index < -0.39 is 0 Å². The van der Waals surface area contributed by atoms with Crippen molar-refractivity contribution in [3.05, 3.63) is 59.2 Å². The first-order valence-corrected chi connectivity index (χ1v) is 7.44. The molecule has 0 amide bonds. The Bertz CT molecular complexity index is 561. The van der Waals surface area contributed by atoms with Gasteiger partial charge in [0.2, 0.25) is 0 Å². The highest BCUT2D eigenvalue weighted by Gasteiger charge is 2.09. The molecule has 0 aliphatic heterocycles. The lowest BCUT2D eigenvalue weighted by molar-refractivity contribution is 0.648. The maximum atomic E-state index is 4.74. The summed E-state index contributed by atoms with van der Waals surface area (Å²) < 4.78 is 0. The molecule has 2 nitrogen and oxygen atoms in total. The second-order valence-corrected chi connectivity index (χ2v) is 5.91. The number of hydrogen-bond acceptors (Lipinski definition) is 2. The minimum Gasteiger partial charge on any atom is -0.261 e. The monoisotopic (exact) mass is 268 g/mol. The third-order valence-corrected chi connectivity index (χ3v) is 3.69. The molecule has 20 heavy (non-hydrogen) atoms. The fourth-order valence-electron chi connectivity index (χ4n) is 2.30. The Kier molecular flexibility index (Phi) is 4.89. The van der Waals surface area contributed by atoms with Gasteiger partial charge in [0.05, 0.1) is 0 Å². The van der Waals surface area contributed by atoms with Crippen molar-refractivity contribution in [2.75, 3.05) is 0 Å². The third-order valence-electron chi connectivity index (χ3n) is 3.69. The molecule has 2 aromatic rings. The Balaban J connectivity index is 1.99. The van der Waals surface area contributed by atoms with Crippen LogP contribution < -0.4 is 0 Å². The molecule has 0 N–H and O–H groups in total. The van der Waals surface area contributed by atoms with E-state index in [1.165, 1.54) is 22.6 Å². The van der Waals surface area contributed by atoms with Crippen LogP contribution >= 0.6 is 0 Å². The maximum Gasteiger partial charge on any atom is 0.0434 e. The van der Waals surface area contributed by atoms with Crippen LogP contribution in [0.1, 0.15) is 61.7 Å². The highest BCUT2D eigenvalue weighted by Crippen LogP contribution is 2.20. The molecule has 2 heterocycles. The predicted octanol–water partition coefficient (Wildman–Crippen LogP) is 4.64. The number of aromatic nitrogens is 2. The van der Waals surface area contributed by atoms with E-state index in [1.807, 2.05) is 12.3 Å². The van der Waals surface area contributed by atoms with Crippen molar-refractivity contribution in [1.29, 1.82) is 0 Å². The van der Waals surface area contributed by atoms with Gasteiger partial charge in [0.15, 0.2) is 0 Å². The van der Waals surface area contributed by atoms with E-state index in [-0.39, 0.29) is 0 Å². The zero-order chi connectivity index (χ0) is 14.5. The molecule has 0 aliphatic rings. The Morgan fingerprint density at radius 1 is 1.05 bits per heavy atom. The van der Waals surface area contributed by atoms with Crippen LogP contribution in [0, 0.1) is 6.92 Å². The van der Waals surface area contributed by atoms with Crippen molar-refractivity contribution < 1.29 is 0 Å². The van der Waals surface area contributed by atoms with Gasteiger partial charge < -0.3 is 0 Å². The summed E-state index contributed by atoms with van der Waals surface area (Å²) in [7, 11) is 0. The minimum absolute atomic E-state index is 0.472. The Hall–Kier alpha value is -1.70. The summed E-state index contributed by atoms with van der Waals surface area (Å²) in [4.78, 5) is 9.21. The lowest BCUT2D eigenvalue weighted by Gasteiger charge is -2.12. The summed E-state index contributed by atoms with van der Waals surface area (Å²) in [5, 5.41) is 0. The summed E-state index contributed by atoms with van der Waals surface area (Å²) >= 11 is 0. The Labute approximate surface area is 122 Å². The van der Waals surface area contributed by atoms with Crippen LogP contribution in [-0.2, 0) is 6.42 Å². The van der Waals surface area contributed by atoms with Crippen LogP contribution in [-0.4, -0.2) is 9.97 Å². The van der Waals surface area contributed by atoms with Crippen LogP contribution in [0.15, 0.2) is 36.5 Å². The van der Waals surface area contributed by atoms with E-state index >= 15 is 0 Å². The van der Waals surface area contributed by atoms with Gasteiger partial charge in [-0.2, -0.15) is 0 Å². The molecule has 0 saturated heterocycles. The van der Waals surface area contributed by atoms with Gasteiger partial charge in [0.1, 0.15) is 0 Å². The molecule has 0 saturated carbocycles. The summed E-state index contributed by atoms with van der Waals surface area (Å²) in [5.41, 5.74) is 4.84. The molecule has 2 rings (SSSR count). The predicted molar refractivity (Wildman–Crippen MR) is 84.0 cm³/mol. The number of pyridine rings is 2. The summed E-state index contributed by atoms with van der Waals surface area (Å²) in [6, 6.07) is 10.6. The first-order chi connectivity index (χ1) is 9.56. The lowest BCUT2D eigenvalue weighted by Crippen LogP contribution is -2.02. The van der Waals surface area contributed by atoms with Gasteiger partial charge in [0.25, 0.3) is 0 Å². The minimum atomic E-state index is 0.472. The molecule has 2 aromatic heterocycles. The molecule has 1 unspecified atom stereocenters. The van der Waals surface area contributed by atoms with E-state index in [9.17, 15) is 0 Å². The molecule has 0 bridgehead atoms. The van der Waals surface area contributed by atoms with E-state index in [4.69, 9.17) is 4.98 Å². The summed E-state index contributed by atoms with van der Waals surface area (Å²) in [5.74, 6) is 0.963. The summed E-state index contributed by atoms with van der Waals surface area (Å²) in [6.07, 6.45) is 4.00. The first kappa shape index (κ1) is 14.7. The fourth-order valence-corrected chi connectivity index (χ4v) is 2.30. The number of aryl methyl sites for hydroxylation is 2. The highest BCUT2D eigenvalue weighted by molar-refractivity contribution is 5.18. The second kappa shape index (κ2) is 6.65. The number of nitrogens with zero attached hydrogens (tertiary/aromatic N) is 2. The van der Waals surface area contributed by atoms with Gasteiger partial charge in [-0.05, 0) is 61.4 Å². The number of rotatable bonds is 5. The van der Waals surface area contributed by atoms with Crippen molar-refractivity contribution in [3.63, 3.8) is 0 Å². The SMILES string of the molecule is Cc1ccnc(C(C)CCc2cccc(C(C)C)n2)c1. The molecule has 0 aromatic carbocycles.